The molecule has 30 heavy (non-hydrogen) atoms. The molecule has 2 N–H and O–H groups in total. The molecule has 0 unspecified atom stereocenters. The number of rotatable bonds is 7. The summed E-state index contributed by atoms with van der Waals surface area (Å²) in [6.45, 7) is 4.62. The Kier molecular flexibility index (Phi) is 6.98. The van der Waals surface area contributed by atoms with Gasteiger partial charge in [-0.15, -0.1) is 0 Å². The highest BCUT2D eigenvalue weighted by atomic mass is 32.2. The average Bonchev–Trinajstić information content (AvgIpc) is 2.72. The maximum Gasteiger partial charge on any atom is 0.252 e. The van der Waals surface area contributed by atoms with E-state index in [1.165, 1.54) is 22.5 Å². The van der Waals surface area contributed by atoms with Crippen molar-refractivity contribution in [2.24, 2.45) is 5.92 Å². The van der Waals surface area contributed by atoms with Gasteiger partial charge in [0.25, 0.3) is 5.91 Å². The van der Waals surface area contributed by atoms with E-state index >= 15 is 0 Å². The van der Waals surface area contributed by atoms with E-state index in [2.05, 4.69) is 24.1 Å². The van der Waals surface area contributed by atoms with Crippen LogP contribution in [0.2, 0.25) is 0 Å². The van der Waals surface area contributed by atoms with Crippen LogP contribution in [0.1, 0.15) is 62.7 Å². The standard InChI is InChI=1S/C22H31N3O4S/c1-15(2)11-12-23-22(27)19-14-21(26)24-20-10-9-17(13-18(19)20)30(28,29)25(3)16-7-5-4-6-8-16/h9-10,13-16H,4-8,11-12H2,1-3H3,(H,23,27)(H,24,26). The molecule has 1 aromatic heterocycles. The topological polar surface area (TPSA) is 99.3 Å². The van der Waals surface area contributed by atoms with Crippen LogP contribution in [0.15, 0.2) is 34.0 Å². The highest BCUT2D eigenvalue weighted by Gasteiger charge is 2.29. The molecule has 1 heterocycles. The number of carbonyl (C=O) groups is 1. The first-order valence-electron chi connectivity index (χ1n) is 10.6. The summed E-state index contributed by atoms with van der Waals surface area (Å²) in [7, 11) is -2.07. The predicted molar refractivity (Wildman–Crippen MR) is 118 cm³/mol. The van der Waals surface area contributed by atoms with Crippen LogP contribution < -0.4 is 10.9 Å². The highest BCUT2D eigenvalue weighted by Crippen LogP contribution is 2.28. The number of aromatic nitrogens is 1. The third-order valence-electron chi connectivity index (χ3n) is 5.83. The number of nitrogens with zero attached hydrogens (tertiary/aromatic N) is 1. The summed E-state index contributed by atoms with van der Waals surface area (Å²) >= 11 is 0. The number of sulfonamides is 1. The minimum absolute atomic E-state index is 0.00571. The third-order valence-corrected chi connectivity index (χ3v) is 7.74. The van der Waals surface area contributed by atoms with E-state index in [0.29, 0.717) is 23.4 Å². The van der Waals surface area contributed by atoms with E-state index in [1.54, 1.807) is 13.1 Å². The summed E-state index contributed by atoms with van der Waals surface area (Å²) < 4.78 is 27.9. The van der Waals surface area contributed by atoms with Gasteiger partial charge in [0.1, 0.15) is 0 Å². The normalized spacial score (nSPS) is 15.8. The molecule has 0 radical (unpaired) electrons. The Bertz CT molecular complexity index is 1070. The fourth-order valence-corrected chi connectivity index (χ4v) is 5.40. The molecule has 164 valence electrons. The number of hydrogen-bond acceptors (Lipinski definition) is 4. The maximum atomic E-state index is 13.2. The second kappa shape index (κ2) is 9.31. The molecule has 3 rings (SSSR count). The summed E-state index contributed by atoms with van der Waals surface area (Å²) in [5.41, 5.74) is 0.233. The van der Waals surface area contributed by atoms with Crippen molar-refractivity contribution in [2.75, 3.05) is 13.6 Å². The second-order valence-electron chi connectivity index (χ2n) is 8.51. The van der Waals surface area contributed by atoms with E-state index in [-0.39, 0.29) is 22.4 Å². The van der Waals surface area contributed by atoms with Crippen molar-refractivity contribution in [3.05, 3.63) is 40.2 Å². The molecule has 7 nitrogen and oxygen atoms in total. The zero-order valence-electron chi connectivity index (χ0n) is 17.9. The third kappa shape index (κ3) is 4.92. The molecule has 1 amide bonds. The smallest absolute Gasteiger partial charge is 0.252 e. The van der Waals surface area contributed by atoms with Crippen molar-refractivity contribution in [1.82, 2.24) is 14.6 Å². The van der Waals surface area contributed by atoms with Gasteiger partial charge in [0.05, 0.1) is 10.5 Å². The van der Waals surface area contributed by atoms with Gasteiger partial charge in [-0.1, -0.05) is 33.1 Å². The van der Waals surface area contributed by atoms with E-state index in [1.807, 2.05) is 0 Å². The van der Waals surface area contributed by atoms with E-state index < -0.39 is 15.6 Å². The summed E-state index contributed by atoms with van der Waals surface area (Å²) in [6.07, 6.45) is 5.75. The van der Waals surface area contributed by atoms with Crippen LogP contribution in [-0.2, 0) is 10.0 Å². The van der Waals surface area contributed by atoms with E-state index in [9.17, 15) is 18.0 Å². The van der Waals surface area contributed by atoms with Crippen molar-refractivity contribution in [2.45, 2.75) is 63.3 Å². The van der Waals surface area contributed by atoms with Crippen molar-refractivity contribution in [3.8, 4) is 0 Å². The minimum atomic E-state index is -3.70. The van der Waals surface area contributed by atoms with Gasteiger partial charge >= 0.3 is 0 Å². The number of benzene rings is 1. The molecule has 0 atom stereocenters. The van der Waals surface area contributed by atoms with Gasteiger partial charge in [-0.05, 0) is 43.4 Å². The monoisotopic (exact) mass is 433 g/mol. The number of H-pyrrole nitrogens is 1. The van der Waals surface area contributed by atoms with Crippen LogP contribution in [0.25, 0.3) is 10.9 Å². The summed E-state index contributed by atoms with van der Waals surface area (Å²) in [5.74, 6) is 0.0650. The van der Waals surface area contributed by atoms with Crippen molar-refractivity contribution in [1.29, 1.82) is 0 Å². The molecule has 0 spiro atoms. The first-order chi connectivity index (χ1) is 14.2. The molecule has 1 saturated carbocycles. The first-order valence-corrected chi connectivity index (χ1v) is 12.1. The molecule has 0 bridgehead atoms. The Morgan fingerprint density at radius 3 is 2.57 bits per heavy atom. The molecular weight excluding hydrogens is 402 g/mol. The summed E-state index contributed by atoms with van der Waals surface area (Å²) in [5, 5.41) is 3.26. The number of fused-ring (bicyclic) bond motifs is 1. The molecule has 0 saturated heterocycles. The van der Waals surface area contributed by atoms with Crippen LogP contribution in [-0.4, -0.2) is 43.2 Å². The fourth-order valence-electron chi connectivity index (χ4n) is 3.96. The fraction of sp³-hybridized carbons (Fsp3) is 0.545. The van der Waals surface area contributed by atoms with Crippen molar-refractivity contribution >= 4 is 26.8 Å². The number of nitrogens with one attached hydrogen (secondary N) is 2. The molecular formula is C22H31N3O4S. The Hall–Kier alpha value is -2.19. The van der Waals surface area contributed by atoms with Gasteiger partial charge < -0.3 is 10.3 Å². The number of aromatic amines is 1. The molecule has 2 aromatic rings. The Morgan fingerprint density at radius 1 is 1.20 bits per heavy atom. The second-order valence-corrected chi connectivity index (χ2v) is 10.5. The predicted octanol–water partition coefficient (Wildman–Crippen LogP) is 3.26. The maximum absolute atomic E-state index is 13.2. The number of amides is 1. The largest absolute Gasteiger partial charge is 0.352 e. The molecule has 0 aliphatic heterocycles. The zero-order valence-corrected chi connectivity index (χ0v) is 18.7. The van der Waals surface area contributed by atoms with Gasteiger partial charge in [-0.2, -0.15) is 4.31 Å². The van der Waals surface area contributed by atoms with Gasteiger partial charge in [-0.25, -0.2) is 8.42 Å². The van der Waals surface area contributed by atoms with Crippen LogP contribution >= 0.6 is 0 Å². The molecule has 1 aromatic carbocycles. The molecule has 1 aliphatic carbocycles. The van der Waals surface area contributed by atoms with Gasteiger partial charge in [0.15, 0.2) is 0 Å². The lowest BCUT2D eigenvalue weighted by Gasteiger charge is -2.30. The summed E-state index contributed by atoms with van der Waals surface area (Å²) in [4.78, 5) is 27.6. The van der Waals surface area contributed by atoms with Crippen molar-refractivity contribution in [3.63, 3.8) is 0 Å². The van der Waals surface area contributed by atoms with Gasteiger partial charge in [0, 0.05) is 36.6 Å². The first kappa shape index (κ1) is 22.5. The lowest BCUT2D eigenvalue weighted by atomic mass is 9.96. The van der Waals surface area contributed by atoms with E-state index in [4.69, 9.17) is 0 Å². The highest BCUT2D eigenvalue weighted by molar-refractivity contribution is 7.89. The Labute approximate surface area is 177 Å². The summed E-state index contributed by atoms with van der Waals surface area (Å²) in [6, 6.07) is 5.77. The van der Waals surface area contributed by atoms with Crippen LogP contribution in [0.3, 0.4) is 0 Å². The molecule has 1 aliphatic rings. The Morgan fingerprint density at radius 2 is 1.90 bits per heavy atom. The van der Waals surface area contributed by atoms with Crippen LogP contribution in [0.4, 0.5) is 0 Å². The number of pyridine rings is 1. The van der Waals surface area contributed by atoms with Crippen LogP contribution in [0, 0.1) is 5.92 Å². The molecule has 8 heteroatoms. The molecule has 1 fully saturated rings. The zero-order chi connectivity index (χ0) is 21.9. The SMILES string of the molecule is CC(C)CCNC(=O)c1cc(=O)[nH]c2ccc(S(=O)(=O)N(C)C3CCCCC3)cc12. The Balaban J connectivity index is 1.97. The van der Waals surface area contributed by atoms with Crippen LogP contribution in [0.5, 0.6) is 0 Å². The average molecular weight is 434 g/mol. The lowest BCUT2D eigenvalue weighted by molar-refractivity contribution is 0.0953. The van der Waals surface area contributed by atoms with Crippen molar-refractivity contribution < 1.29 is 13.2 Å². The lowest BCUT2D eigenvalue weighted by Crippen LogP contribution is -2.38. The quantitative estimate of drug-likeness (QED) is 0.700. The number of hydrogen-bond donors (Lipinski definition) is 2. The van der Waals surface area contributed by atoms with E-state index in [0.717, 1.165) is 38.5 Å². The minimum Gasteiger partial charge on any atom is -0.352 e. The van der Waals surface area contributed by atoms with Gasteiger partial charge in [-0.3, -0.25) is 9.59 Å². The van der Waals surface area contributed by atoms with Gasteiger partial charge in [0.2, 0.25) is 15.6 Å². The number of carbonyl (C=O) groups excluding carboxylic acids is 1.